The maximum atomic E-state index is 12.3. The van der Waals surface area contributed by atoms with Crippen LogP contribution in [-0.4, -0.2) is 5.11 Å². The SMILES string of the molecule is CC.O=c1cc(C(F)(F)F)oc2cc(O)ccc12. The number of hydrogen-bond donors (Lipinski definition) is 1. The fourth-order valence-electron chi connectivity index (χ4n) is 1.28. The third-order valence-electron chi connectivity index (χ3n) is 1.99. The molecule has 3 nitrogen and oxygen atoms in total. The van der Waals surface area contributed by atoms with Gasteiger partial charge in [0, 0.05) is 12.1 Å². The van der Waals surface area contributed by atoms with Gasteiger partial charge >= 0.3 is 6.18 Å². The fraction of sp³-hybridized carbons (Fsp3) is 0.250. The van der Waals surface area contributed by atoms with Crippen LogP contribution in [0.1, 0.15) is 19.6 Å². The Morgan fingerprint density at radius 2 is 1.78 bits per heavy atom. The first-order valence-electron chi connectivity index (χ1n) is 5.22. The second-order valence-electron chi connectivity index (χ2n) is 3.15. The molecule has 0 amide bonds. The monoisotopic (exact) mass is 260 g/mol. The van der Waals surface area contributed by atoms with Gasteiger partial charge in [-0.1, -0.05) is 13.8 Å². The first kappa shape index (κ1) is 14.1. The number of phenols is 1. The van der Waals surface area contributed by atoms with E-state index >= 15 is 0 Å². The van der Waals surface area contributed by atoms with Crippen molar-refractivity contribution in [3.05, 3.63) is 40.2 Å². The largest absolute Gasteiger partial charge is 0.508 e. The third-order valence-corrected chi connectivity index (χ3v) is 1.99. The Balaban J connectivity index is 0.000000771. The summed E-state index contributed by atoms with van der Waals surface area (Å²) in [6.45, 7) is 4.00. The van der Waals surface area contributed by atoms with Crippen molar-refractivity contribution in [1.29, 1.82) is 0 Å². The zero-order valence-corrected chi connectivity index (χ0v) is 9.71. The topological polar surface area (TPSA) is 50.4 Å². The molecule has 6 heteroatoms. The maximum absolute atomic E-state index is 12.3. The van der Waals surface area contributed by atoms with Crippen LogP contribution in [0.4, 0.5) is 13.2 Å². The summed E-state index contributed by atoms with van der Waals surface area (Å²) in [6, 6.07) is 3.76. The smallest absolute Gasteiger partial charge is 0.449 e. The molecule has 1 aromatic carbocycles. The van der Waals surface area contributed by atoms with E-state index in [-0.39, 0.29) is 16.7 Å². The normalized spacial score (nSPS) is 10.9. The molecule has 18 heavy (non-hydrogen) atoms. The number of benzene rings is 1. The minimum atomic E-state index is -4.72. The molecule has 0 spiro atoms. The van der Waals surface area contributed by atoms with Gasteiger partial charge in [0.05, 0.1) is 5.39 Å². The van der Waals surface area contributed by atoms with Gasteiger partial charge in [-0.3, -0.25) is 4.79 Å². The van der Waals surface area contributed by atoms with Crippen molar-refractivity contribution in [3.8, 4) is 5.75 Å². The van der Waals surface area contributed by atoms with Gasteiger partial charge < -0.3 is 9.52 Å². The van der Waals surface area contributed by atoms with E-state index in [4.69, 9.17) is 5.11 Å². The van der Waals surface area contributed by atoms with E-state index in [9.17, 15) is 18.0 Å². The van der Waals surface area contributed by atoms with Gasteiger partial charge in [0.25, 0.3) is 0 Å². The predicted molar refractivity (Wildman–Crippen MR) is 60.5 cm³/mol. The summed E-state index contributed by atoms with van der Waals surface area (Å²) in [5.41, 5.74) is -1.09. The molecule has 0 atom stereocenters. The van der Waals surface area contributed by atoms with Crippen molar-refractivity contribution < 1.29 is 22.7 Å². The molecule has 1 heterocycles. The van der Waals surface area contributed by atoms with Gasteiger partial charge in [-0.05, 0) is 12.1 Å². The van der Waals surface area contributed by atoms with Gasteiger partial charge in [-0.2, -0.15) is 13.2 Å². The minimum absolute atomic E-state index is 0.00852. The average Bonchev–Trinajstić information content (AvgIpc) is 2.29. The van der Waals surface area contributed by atoms with E-state index in [2.05, 4.69) is 4.42 Å². The predicted octanol–water partition coefficient (Wildman–Crippen LogP) is 3.54. The number of hydrogen-bond acceptors (Lipinski definition) is 3. The molecule has 98 valence electrons. The van der Waals surface area contributed by atoms with Crippen LogP contribution in [0, 0.1) is 0 Å². The van der Waals surface area contributed by atoms with Crippen molar-refractivity contribution in [3.63, 3.8) is 0 Å². The summed E-state index contributed by atoms with van der Waals surface area (Å²) in [4.78, 5) is 11.3. The van der Waals surface area contributed by atoms with Gasteiger partial charge in [0.15, 0.2) is 5.43 Å². The molecule has 2 rings (SSSR count). The molecule has 0 aliphatic heterocycles. The highest BCUT2D eigenvalue weighted by atomic mass is 19.4. The lowest BCUT2D eigenvalue weighted by atomic mass is 10.2. The Bertz CT molecular complexity index is 600. The number of phenolic OH excluding ortho intramolecular Hbond substituents is 1. The first-order chi connectivity index (χ1) is 8.38. The standard InChI is InChI=1S/C10H5F3O3.C2H6/c11-10(12,13)9-4-7(15)6-2-1-5(14)3-8(6)16-9;1-2/h1-4,14H;1-2H3. The highest BCUT2D eigenvalue weighted by Crippen LogP contribution is 2.30. The average molecular weight is 260 g/mol. The van der Waals surface area contributed by atoms with E-state index in [1.165, 1.54) is 12.1 Å². The van der Waals surface area contributed by atoms with Crippen LogP contribution in [0.3, 0.4) is 0 Å². The Hall–Kier alpha value is -1.98. The molecule has 2 aromatic rings. The molecule has 0 fully saturated rings. The molecular weight excluding hydrogens is 249 g/mol. The van der Waals surface area contributed by atoms with Crippen LogP contribution in [0.5, 0.6) is 5.75 Å². The van der Waals surface area contributed by atoms with Crippen molar-refractivity contribution in [2.45, 2.75) is 20.0 Å². The summed E-state index contributed by atoms with van der Waals surface area (Å²) in [7, 11) is 0. The molecule has 0 bridgehead atoms. The molecule has 0 aliphatic carbocycles. The number of alkyl halides is 3. The molecular formula is C12H11F3O3. The molecule has 1 aromatic heterocycles. The fourth-order valence-corrected chi connectivity index (χ4v) is 1.28. The van der Waals surface area contributed by atoms with E-state index in [0.717, 1.165) is 6.07 Å². The quantitative estimate of drug-likeness (QED) is 0.788. The van der Waals surface area contributed by atoms with Crippen LogP contribution in [-0.2, 0) is 6.18 Å². The zero-order chi connectivity index (χ0) is 13.9. The minimum Gasteiger partial charge on any atom is -0.508 e. The number of aromatic hydroxyl groups is 1. The van der Waals surface area contributed by atoms with Crippen molar-refractivity contribution >= 4 is 11.0 Å². The van der Waals surface area contributed by atoms with Gasteiger partial charge in [0.1, 0.15) is 11.3 Å². The number of fused-ring (bicyclic) bond motifs is 1. The van der Waals surface area contributed by atoms with Crippen molar-refractivity contribution in [2.75, 3.05) is 0 Å². The number of halogens is 3. The van der Waals surface area contributed by atoms with Gasteiger partial charge in [0.2, 0.25) is 5.76 Å². The van der Waals surface area contributed by atoms with Crippen LogP contribution in [0.2, 0.25) is 0 Å². The van der Waals surface area contributed by atoms with E-state index in [1.807, 2.05) is 13.8 Å². The van der Waals surface area contributed by atoms with Gasteiger partial charge in [-0.15, -0.1) is 0 Å². The van der Waals surface area contributed by atoms with Crippen molar-refractivity contribution in [2.24, 2.45) is 0 Å². The molecule has 0 aliphatic rings. The van der Waals surface area contributed by atoms with Crippen LogP contribution < -0.4 is 5.43 Å². The molecule has 1 N–H and O–H groups in total. The molecule has 0 unspecified atom stereocenters. The highest BCUT2D eigenvalue weighted by molar-refractivity contribution is 5.77. The van der Waals surface area contributed by atoms with Crippen LogP contribution in [0.25, 0.3) is 11.0 Å². The molecule has 0 saturated carbocycles. The Labute approximate surface area is 100 Å². The lowest BCUT2D eigenvalue weighted by Crippen LogP contribution is -2.10. The zero-order valence-electron chi connectivity index (χ0n) is 9.71. The maximum Gasteiger partial charge on any atom is 0.449 e. The first-order valence-corrected chi connectivity index (χ1v) is 5.22. The number of rotatable bonds is 0. The van der Waals surface area contributed by atoms with E-state index < -0.39 is 17.4 Å². The highest BCUT2D eigenvalue weighted by Gasteiger charge is 2.34. The molecule has 0 radical (unpaired) electrons. The van der Waals surface area contributed by atoms with E-state index in [1.54, 1.807) is 0 Å². The lowest BCUT2D eigenvalue weighted by molar-refractivity contribution is -0.152. The second kappa shape index (κ2) is 5.12. The van der Waals surface area contributed by atoms with Crippen LogP contribution >= 0.6 is 0 Å². The third kappa shape index (κ3) is 2.82. The molecule has 0 saturated heterocycles. The summed E-state index contributed by atoms with van der Waals surface area (Å²) in [6.07, 6.45) is -4.72. The second-order valence-corrected chi connectivity index (χ2v) is 3.15. The Morgan fingerprint density at radius 3 is 2.33 bits per heavy atom. The summed E-state index contributed by atoms with van der Waals surface area (Å²) < 4.78 is 41.4. The Morgan fingerprint density at radius 1 is 1.17 bits per heavy atom. The summed E-state index contributed by atoms with van der Waals surface area (Å²) >= 11 is 0. The van der Waals surface area contributed by atoms with Crippen LogP contribution in [0.15, 0.2) is 33.5 Å². The van der Waals surface area contributed by atoms with E-state index in [0.29, 0.717) is 6.07 Å². The van der Waals surface area contributed by atoms with Gasteiger partial charge in [-0.25, -0.2) is 0 Å². The van der Waals surface area contributed by atoms with Crippen molar-refractivity contribution in [1.82, 2.24) is 0 Å². The Kier molecular flexibility index (Phi) is 4.00. The summed E-state index contributed by atoms with van der Waals surface area (Å²) in [5.74, 6) is -1.65. The lowest BCUT2D eigenvalue weighted by Gasteiger charge is -2.06. The summed E-state index contributed by atoms with van der Waals surface area (Å²) in [5, 5.41) is 9.06.